The Balaban J connectivity index is 0.00000302. The summed E-state index contributed by atoms with van der Waals surface area (Å²) in [5, 5.41) is 12.2. The van der Waals surface area contributed by atoms with Crippen LogP contribution in [0.3, 0.4) is 0 Å². The summed E-state index contributed by atoms with van der Waals surface area (Å²) in [6.07, 6.45) is 5.34. The number of rotatable bonds is 6. The lowest BCUT2D eigenvalue weighted by Crippen LogP contribution is -2.44. The lowest BCUT2D eigenvalue weighted by atomic mass is 9.91. The van der Waals surface area contributed by atoms with Crippen molar-refractivity contribution in [1.82, 2.24) is 9.47 Å². The largest absolute Gasteiger partial charge is 0.492 e. The van der Waals surface area contributed by atoms with Gasteiger partial charge in [0.05, 0.1) is 18.0 Å². The fourth-order valence-electron chi connectivity index (χ4n) is 7.03. The molecule has 0 unspecified atom stereocenters. The number of halogens is 2. The number of hydrogen-bond donors (Lipinski definition) is 1. The van der Waals surface area contributed by atoms with Crippen molar-refractivity contribution >= 4 is 45.7 Å². The number of anilines is 1. The maximum absolute atomic E-state index is 15.9. The van der Waals surface area contributed by atoms with Gasteiger partial charge in [-0.15, -0.1) is 12.4 Å². The van der Waals surface area contributed by atoms with E-state index < -0.39 is 17.2 Å². The quantitative estimate of drug-likeness (QED) is 0.309. The lowest BCUT2D eigenvalue weighted by molar-refractivity contribution is 0.0694. The van der Waals surface area contributed by atoms with E-state index in [2.05, 4.69) is 52.3 Å². The van der Waals surface area contributed by atoms with E-state index in [9.17, 15) is 14.7 Å². The van der Waals surface area contributed by atoms with Crippen molar-refractivity contribution in [3.63, 3.8) is 0 Å². The van der Waals surface area contributed by atoms with E-state index in [1.807, 2.05) is 4.57 Å². The van der Waals surface area contributed by atoms with Crippen molar-refractivity contribution in [2.75, 3.05) is 31.6 Å². The van der Waals surface area contributed by atoms with Gasteiger partial charge in [0.2, 0.25) is 5.43 Å². The zero-order valence-corrected chi connectivity index (χ0v) is 23.7. The van der Waals surface area contributed by atoms with Crippen molar-refractivity contribution in [2.24, 2.45) is 5.92 Å². The van der Waals surface area contributed by atoms with Crippen molar-refractivity contribution in [2.45, 2.75) is 44.3 Å². The Morgan fingerprint density at radius 1 is 1.07 bits per heavy atom. The van der Waals surface area contributed by atoms with Crippen LogP contribution in [0.5, 0.6) is 5.75 Å². The predicted molar refractivity (Wildman–Crippen MR) is 160 cm³/mol. The van der Waals surface area contributed by atoms with E-state index >= 15 is 4.39 Å². The van der Waals surface area contributed by atoms with Gasteiger partial charge in [0.25, 0.3) is 0 Å². The maximum Gasteiger partial charge on any atom is 0.341 e. The molecule has 3 heterocycles. The van der Waals surface area contributed by atoms with Crippen LogP contribution in [0, 0.1) is 11.7 Å². The zero-order chi connectivity index (χ0) is 27.5. The van der Waals surface area contributed by atoms with E-state index in [-0.39, 0.29) is 35.4 Å². The molecule has 4 aromatic rings. The Morgan fingerprint density at radius 2 is 1.85 bits per heavy atom. The summed E-state index contributed by atoms with van der Waals surface area (Å²) < 4.78 is 23.6. The third-order valence-corrected chi connectivity index (χ3v) is 9.04. The first kappa shape index (κ1) is 27.5. The second-order valence-electron chi connectivity index (χ2n) is 11.4. The summed E-state index contributed by atoms with van der Waals surface area (Å²) in [6.45, 7) is 3.20. The molecule has 9 heteroatoms. The molecule has 0 bridgehead atoms. The Bertz CT molecular complexity index is 1710. The van der Waals surface area contributed by atoms with E-state index in [0.29, 0.717) is 36.0 Å². The van der Waals surface area contributed by atoms with Crippen LogP contribution in [0.15, 0.2) is 59.5 Å². The molecule has 3 fully saturated rings. The third-order valence-electron chi connectivity index (χ3n) is 9.04. The first-order valence-corrected chi connectivity index (χ1v) is 14.1. The van der Waals surface area contributed by atoms with Gasteiger partial charge in [-0.05, 0) is 60.5 Å². The molecule has 2 saturated heterocycles. The summed E-state index contributed by atoms with van der Waals surface area (Å²) in [6, 6.07) is 16.5. The number of ether oxygens (including phenoxy) is 1. The number of carboxylic acid groups (broad SMARTS) is 1. The van der Waals surface area contributed by atoms with E-state index in [4.69, 9.17) is 4.74 Å². The van der Waals surface area contributed by atoms with E-state index in [0.717, 1.165) is 38.8 Å². The molecule has 3 aliphatic rings. The van der Waals surface area contributed by atoms with Crippen LogP contribution < -0.4 is 15.1 Å². The average Bonchev–Trinajstić information content (AvgIpc) is 3.71. The van der Waals surface area contributed by atoms with Crippen molar-refractivity contribution in [3.8, 4) is 5.75 Å². The van der Waals surface area contributed by atoms with Crippen LogP contribution in [0.1, 0.15) is 47.6 Å². The minimum absolute atomic E-state index is 0. The van der Waals surface area contributed by atoms with Crippen LogP contribution >= 0.6 is 12.4 Å². The van der Waals surface area contributed by atoms with Gasteiger partial charge in [0, 0.05) is 37.9 Å². The highest BCUT2D eigenvalue weighted by Gasteiger charge is 2.41. The summed E-state index contributed by atoms with van der Waals surface area (Å²) in [7, 11) is 1.50. The number of aromatic carboxylic acids is 1. The van der Waals surface area contributed by atoms with E-state index in [1.54, 1.807) is 0 Å². The molecule has 0 amide bonds. The highest BCUT2D eigenvalue weighted by Crippen LogP contribution is 2.45. The fraction of sp³-hybridized carbons (Fsp3) is 0.375. The first-order chi connectivity index (χ1) is 19.4. The van der Waals surface area contributed by atoms with Gasteiger partial charge in [-0.1, -0.05) is 42.5 Å². The molecule has 41 heavy (non-hydrogen) atoms. The SMILES string of the molecule is COc1c(N2C[C@@H]3CCCN(Cc4cccc5ccccc45)[C@@H]3C2)c(F)cc2c(=O)c(C(=O)O)cn(C3CC3)c12.Cl. The Hall–Kier alpha value is -3.62. The van der Waals surface area contributed by atoms with Gasteiger partial charge in [-0.3, -0.25) is 9.69 Å². The molecule has 3 aromatic carbocycles. The highest BCUT2D eigenvalue weighted by atomic mass is 35.5. The maximum atomic E-state index is 15.9. The number of aromatic nitrogens is 1. The molecular weight excluding hydrogens is 545 g/mol. The first-order valence-electron chi connectivity index (χ1n) is 14.1. The monoisotopic (exact) mass is 577 g/mol. The van der Waals surface area contributed by atoms with Crippen molar-refractivity contribution in [1.29, 1.82) is 0 Å². The zero-order valence-electron chi connectivity index (χ0n) is 22.9. The van der Waals surface area contributed by atoms with E-state index in [1.165, 1.54) is 35.7 Å². The molecule has 2 aliphatic heterocycles. The molecular formula is C32H33ClFN3O4. The second kappa shape index (κ2) is 10.7. The van der Waals surface area contributed by atoms with Crippen molar-refractivity contribution in [3.05, 3.63) is 81.9 Å². The van der Waals surface area contributed by atoms with Crippen LogP contribution in [-0.4, -0.2) is 53.3 Å². The molecule has 0 radical (unpaired) electrons. The normalized spacial score (nSPS) is 20.7. The minimum atomic E-state index is -1.31. The summed E-state index contributed by atoms with van der Waals surface area (Å²) >= 11 is 0. The average molecular weight is 578 g/mol. The number of carboxylic acids is 1. The Morgan fingerprint density at radius 3 is 2.61 bits per heavy atom. The molecule has 1 N–H and O–H groups in total. The van der Waals surface area contributed by atoms with Crippen LogP contribution in [0.2, 0.25) is 0 Å². The molecule has 7 nitrogen and oxygen atoms in total. The molecule has 214 valence electrons. The van der Waals surface area contributed by atoms with Gasteiger partial charge in [-0.25, -0.2) is 9.18 Å². The molecule has 7 rings (SSSR count). The van der Waals surface area contributed by atoms with Gasteiger partial charge in [0.15, 0.2) is 11.6 Å². The summed E-state index contributed by atoms with van der Waals surface area (Å²) in [5.41, 5.74) is 1.13. The van der Waals surface area contributed by atoms with Crippen LogP contribution in [0.25, 0.3) is 21.7 Å². The van der Waals surface area contributed by atoms with Crippen molar-refractivity contribution < 1.29 is 19.0 Å². The Kier molecular flexibility index (Phi) is 7.16. The number of likely N-dealkylation sites (tertiary alicyclic amines) is 1. The number of fused-ring (bicyclic) bond motifs is 3. The minimum Gasteiger partial charge on any atom is -0.492 e. The predicted octanol–water partition coefficient (Wildman–Crippen LogP) is 5.86. The van der Waals surface area contributed by atoms with Gasteiger partial charge in [0.1, 0.15) is 11.3 Å². The standard InChI is InChI=1S/C32H32FN3O4.ClH/c1-40-31-28-24(30(37)25(32(38)39)17-36(28)22-11-12-22)14-26(33)29(31)35-16-21-9-5-13-34(27(21)18-35)15-20-8-4-7-19-6-2-3-10-23(19)20;/h2-4,6-8,10,14,17,21-22,27H,5,9,11-13,15-16,18H2,1H3,(H,38,39);1H/t21-,27+;/m0./s1. The Labute approximate surface area is 243 Å². The third kappa shape index (κ3) is 4.63. The number of benzene rings is 3. The van der Waals surface area contributed by atoms with Crippen LogP contribution in [-0.2, 0) is 6.54 Å². The van der Waals surface area contributed by atoms with Gasteiger partial charge in [-0.2, -0.15) is 0 Å². The molecule has 1 aliphatic carbocycles. The number of pyridine rings is 1. The number of piperidine rings is 1. The van der Waals surface area contributed by atoms with Gasteiger partial charge < -0.3 is 19.3 Å². The lowest BCUT2D eigenvalue weighted by Gasteiger charge is -2.37. The second-order valence-corrected chi connectivity index (χ2v) is 11.4. The summed E-state index contributed by atoms with van der Waals surface area (Å²) in [5.74, 6) is -1.15. The molecule has 1 aromatic heterocycles. The molecule has 0 spiro atoms. The smallest absolute Gasteiger partial charge is 0.341 e. The van der Waals surface area contributed by atoms with Gasteiger partial charge >= 0.3 is 5.97 Å². The number of carbonyl (C=O) groups is 1. The van der Waals surface area contributed by atoms with Crippen LogP contribution in [0.4, 0.5) is 10.1 Å². The summed E-state index contributed by atoms with van der Waals surface area (Å²) in [4.78, 5) is 29.5. The fourth-order valence-corrected chi connectivity index (χ4v) is 7.03. The topological polar surface area (TPSA) is 75.0 Å². The highest BCUT2D eigenvalue weighted by molar-refractivity contribution is 5.97. The number of methoxy groups -OCH3 is 1. The number of nitrogens with zero attached hydrogens (tertiary/aromatic N) is 3. The molecule has 2 atom stereocenters. The molecule has 1 saturated carbocycles. The number of hydrogen-bond acceptors (Lipinski definition) is 5.